The van der Waals surface area contributed by atoms with E-state index < -0.39 is 58.6 Å². The van der Waals surface area contributed by atoms with Crippen LogP contribution in [0.4, 0.5) is 5.69 Å². The number of imide groups is 1. The van der Waals surface area contributed by atoms with Gasteiger partial charge in [-0.05, 0) is 63.1 Å². The van der Waals surface area contributed by atoms with E-state index in [9.17, 15) is 40.3 Å². The quantitative estimate of drug-likeness (QED) is 0.169. The molecule has 0 aromatic heterocycles. The molecule has 4 N–H and O–H groups in total. The van der Waals surface area contributed by atoms with Crippen molar-refractivity contribution in [3.05, 3.63) is 74.8 Å². The van der Waals surface area contributed by atoms with Crippen molar-refractivity contribution >= 4 is 49.3 Å². The molecular formula is C34H34N3O11S2+. The van der Waals surface area contributed by atoms with Gasteiger partial charge in [0.15, 0.2) is 22.4 Å². The van der Waals surface area contributed by atoms with Crippen molar-refractivity contribution in [3.8, 4) is 11.5 Å². The van der Waals surface area contributed by atoms with E-state index in [0.29, 0.717) is 21.8 Å². The Hall–Kier alpha value is -4.64. The molecule has 0 saturated carbocycles. The topological polar surface area (TPSA) is 208 Å². The van der Waals surface area contributed by atoms with Gasteiger partial charge in [-0.1, -0.05) is 26.0 Å². The minimum atomic E-state index is -5.03. The van der Waals surface area contributed by atoms with E-state index in [0.717, 1.165) is 0 Å². The van der Waals surface area contributed by atoms with Gasteiger partial charge in [0.25, 0.3) is 21.9 Å². The number of carbonyl (C=O) groups excluding carboxylic acids is 3. The van der Waals surface area contributed by atoms with E-state index in [-0.39, 0.29) is 69.4 Å². The molecule has 3 aromatic carbocycles. The van der Waals surface area contributed by atoms with Gasteiger partial charge in [0.1, 0.15) is 0 Å². The van der Waals surface area contributed by atoms with Crippen LogP contribution in [-0.4, -0.2) is 60.9 Å². The van der Waals surface area contributed by atoms with Crippen LogP contribution in [0.15, 0.2) is 46.2 Å². The summed E-state index contributed by atoms with van der Waals surface area (Å²) in [6.07, 6.45) is -0.157. The predicted octanol–water partition coefficient (Wildman–Crippen LogP) is 1.23. The Kier molecular flexibility index (Phi) is 7.23. The van der Waals surface area contributed by atoms with Crippen LogP contribution >= 0.6 is 0 Å². The molecule has 3 aromatic rings. The molecule has 50 heavy (non-hydrogen) atoms. The number of benzene rings is 3. The van der Waals surface area contributed by atoms with Crippen LogP contribution < -0.4 is 25.6 Å². The molecule has 0 radical (unpaired) electrons. The normalized spacial score (nSPS) is 21.4. The highest BCUT2D eigenvalue weighted by Gasteiger charge is 2.47. The Labute approximate surface area is 287 Å². The van der Waals surface area contributed by atoms with E-state index in [2.05, 4.69) is 10.3 Å². The highest BCUT2D eigenvalue weighted by molar-refractivity contribution is 7.86. The van der Waals surface area contributed by atoms with Crippen molar-refractivity contribution in [1.29, 1.82) is 0 Å². The van der Waals surface area contributed by atoms with Crippen molar-refractivity contribution in [3.63, 3.8) is 0 Å². The maximum absolute atomic E-state index is 13.2. The molecule has 2 unspecified atom stereocenters. The molecule has 2 amide bonds. The summed E-state index contributed by atoms with van der Waals surface area (Å²) < 4.78 is 80.3. The van der Waals surface area contributed by atoms with Crippen molar-refractivity contribution in [1.82, 2.24) is 5.06 Å². The highest BCUT2D eigenvalue weighted by atomic mass is 32.2. The van der Waals surface area contributed by atoms with Crippen LogP contribution in [0, 0.1) is 0 Å². The molecule has 4 aliphatic rings. The standard InChI is InChI=1S/C34H33N3O11S2/c1-15-33(3,4)21-13-19-25(17-7-9-18(10-8-17)32(40)48-37-23(38)11-12-24(37)39)20-14-22-27(36-16(2)34(22,5)6)31(50(44,45)46)29(20)47-28(19)30(26(21)35-15)49(41,42)43/h7-10,13-16,35H,11-12H2,1-6H3,(H,41,42,43)(H,44,45,46)/p+1. The fourth-order valence-electron chi connectivity index (χ4n) is 7.03. The zero-order valence-corrected chi connectivity index (χ0v) is 29.5. The molecule has 16 heteroatoms. The number of anilines is 1. The van der Waals surface area contributed by atoms with Gasteiger partial charge in [0.2, 0.25) is 10.3 Å². The number of nitrogens with one attached hydrogen (secondary N) is 2. The number of hydrogen-bond acceptors (Lipinski definition) is 10. The third kappa shape index (κ3) is 4.87. The summed E-state index contributed by atoms with van der Waals surface area (Å²) in [6, 6.07) is 8.64. The van der Waals surface area contributed by atoms with Crippen molar-refractivity contribution < 1.29 is 54.9 Å². The molecule has 0 bridgehead atoms. The van der Waals surface area contributed by atoms with Gasteiger partial charge in [0.05, 0.1) is 16.7 Å². The van der Waals surface area contributed by atoms with E-state index >= 15 is 0 Å². The zero-order valence-electron chi connectivity index (χ0n) is 27.9. The molecule has 4 heterocycles. The second-order valence-corrected chi connectivity index (χ2v) is 16.9. The number of carbonyl (C=O) groups is 3. The smallest absolute Gasteiger partial charge is 0.363 e. The molecule has 0 aliphatic carbocycles. The first-order valence-corrected chi connectivity index (χ1v) is 18.7. The number of amides is 2. The first-order chi connectivity index (χ1) is 23.1. The number of hydrogen-bond donors (Lipinski definition) is 4. The molecule has 1 fully saturated rings. The largest absolute Gasteiger partial charge is 0.453 e. The minimum Gasteiger partial charge on any atom is -0.453 e. The fourth-order valence-corrected chi connectivity index (χ4v) is 8.66. The van der Waals surface area contributed by atoms with Crippen LogP contribution in [0.1, 0.15) is 87.0 Å². The van der Waals surface area contributed by atoms with Gasteiger partial charge in [-0.3, -0.25) is 18.7 Å². The monoisotopic (exact) mass is 724 g/mol. The first kappa shape index (κ1) is 33.8. The number of fused-ring (bicyclic) bond motifs is 4. The highest BCUT2D eigenvalue weighted by Crippen LogP contribution is 2.52. The molecule has 2 atom stereocenters. The lowest BCUT2D eigenvalue weighted by Gasteiger charge is -2.28. The summed E-state index contributed by atoms with van der Waals surface area (Å²) in [6.45, 7) is 11.3. The van der Waals surface area contributed by atoms with E-state index in [1.54, 1.807) is 12.1 Å². The third-order valence-electron chi connectivity index (χ3n) is 10.6. The van der Waals surface area contributed by atoms with Gasteiger partial charge < -0.3 is 14.9 Å². The predicted molar refractivity (Wildman–Crippen MR) is 175 cm³/mol. The summed E-state index contributed by atoms with van der Waals surface area (Å²) in [7, 11) is -10.1. The molecule has 4 aliphatic heterocycles. The van der Waals surface area contributed by atoms with E-state index in [1.165, 1.54) is 24.3 Å². The van der Waals surface area contributed by atoms with Crippen LogP contribution in [-0.2, 0) is 45.5 Å². The Morgan fingerprint density at radius 1 is 0.900 bits per heavy atom. The van der Waals surface area contributed by atoms with Gasteiger partial charge >= 0.3 is 16.1 Å². The summed E-state index contributed by atoms with van der Waals surface area (Å²) in [5.74, 6) is -2.99. The van der Waals surface area contributed by atoms with Crippen LogP contribution in [0.2, 0.25) is 0 Å². The molecular weight excluding hydrogens is 691 g/mol. The summed E-state index contributed by atoms with van der Waals surface area (Å²) in [5, 5.41) is 3.87. The van der Waals surface area contributed by atoms with Crippen molar-refractivity contribution in [2.75, 3.05) is 5.32 Å². The third-order valence-corrected chi connectivity index (χ3v) is 12.4. The number of rotatable bonds is 5. The second-order valence-electron chi connectivity index (χ2n) is 14.2. The van der Waals surface area contributed by atoms with E-state index in [4.69, 9.17) is 9.57 Å². The van der Waals surface area contributed by atoms with Crippen LogP contribution in [0.5, 0.6) is 11.5 Å². The lowest BCUT2D eigenvalue weighted by atomic mass is 9.78. The zero-order chi connectivity index (χ0) is 36.5. The second kappa shape index (κ2) is 10.7. The Bertz CT molecular complexity index is 2440. The summed E-state index contributed by atoms with van der Waals surface area (Å²) in [5.41, 5.74) is 0.744. The Morgan fingerprint density at radius 3 is 2.08 bits per heavy atom. The molecule has 7 rings (SSSR count). The average molecular weight is 725 g/mol. The Balaban J connectivity index is 1.56. The fraction of sp³-hybridized carbons (Fsp3) is 0.353. The maximum atomic E-state index is 13.2. The molecule has 262 valence electrons. The molecule has 14 nitrogen and oxygen atoms in total. The lowest BCUT2D eigenvalue weighted by Crippen LogP contribution is -2.81. The van der Waals surface area contributed by atoms with Crippen LogP contribution in [0.25, 0.3) is 5.57 Å². The summed E-state index contributed by atoms with van der Waals surface area (Å²) >= 11 is 0. The lowest BCUT2D eigenvalue weighted by molar-refractivity contribution is -0.539. The number of ether oxygens (including phenoxy) is 1. The average Bonchev–Trinajstić information content (AvgIpc) is 3.53. The van der Waals surface area contributed by atoms with Crippen molar-refractivity contribution in [2.24, 2.45) is 0 Å². The van der Waals surface area contributed by atoms with Crippen LogP contribution in [0.3, 0.4) is 0 Å². The first-order valence-electron chi connectivity index (χ1n) is 15.8. The van der Waals surface area contributed by atoms with Gasteiger partial charge in [-0.2, -0.15) is 16.8 Å². The SMILES string of the molecule is CC1Nc2c(cc3c(c2S(=O)(=O)O)Oc2c(S(=O)(=O)O)c4c(cc2=C3c2ccc(C(=O)ON3C(=O)CCC3=O)cc2)C(C)(C)C(C)[NH+]=4)C1(C)C. The number of hydroxylamine groups is 2. The van der Waals surface area contributed by atoms with Crippen molar-refractivity contribution in [2.45, 2.75) is 87.1 Å². The molecule has 0 spiro atoms. The maximum Gasteiger partial charge on any atom is 0.363 e. The Morgan fingerprint density at radius 2 is 1.50 bits per heavy atom. The minimum absolute atomic E-state index is 0.0205. The van der Waals surface area contributed by atoms with E-state index in [1.807, 2.05) is 41.5 Å². The van der Waals surface area contributed by atoms with Gasteiger partial charge in [0, 0.05) is 46.2 Å². The summed E-state index contributed by atoms with van der Waals surface area (Å²) in [4.78, 5) is 44.0. The number of nitrogens with zero attached hydrogens (tertiary/aromatic N) is 1. The van der Waals surface area contributed by atoms with Gasteiger partial charge in [-0.15, -0.1) is 5.06 Å². The van der Waals surface area contributed by atoms with Gasteiger partial charge in [-0.25, -0.2) is 9.79 Å². The molecule has 1 saturated heterocycles.